The molecule has 1 fully saturated rings. The second-order valence-corrected chi connectivity index (χ2v) is 6.63. The van der Waals surface area contributed by atoms with Crippen molar-refractivity contribution in [2.24, 2.45) is 0 Å². The van der Waals surface area contributed by atoms with Gasteiger partial charge in [-0.1, -0.05) is 42.5 Å². The maximum Gasteiger partial charge on any atom is 0.256 e. The summed E-state index contributed by atoms with van der Waals surface area (Å²) in [5.41, 5.74) is 4.71. The van der Waals surface area contributed by atoms with E-state index < -0.39 is 0 Å². The summed E-state index contributed by atoms with van der Waals surface area (Å²) in [5, 5.41) is 10.4. The van der Waals surface area contributed by atoms with Crippen LogP contribution in [-0.4, -0.2) is 54.8 Å². The van der Waals surface area contributed by atoms with Crippen LogP contribution >= 0.6 is 0 Å². The van der Waals surface area contributed by atoms with Crippen molar-refractivity contribution in [3.8, 4) is 0 Å². The van der Waals surface area contributed by atoms with Crippen LogP contribution in [0.4, 0.5) is 5.69 Å². The highest BCUT2D eigenvalue weighted by molar-refractivity contribution is 6.12. The minimum Gasteiger partial charge on any atom is -0.361 e. The van der Waals surface area contributed by atoms with E-state index in [1.54, 1.807) is 0 Å². The van der Waals surface area contributed by atoms with Crippen molar-refractivity contribution in [3.05, 3.63) is 71.3 Å². The zero-order chi connectivity index (χ0) is 17.9. The van der Waals surface area contributed by atoms with Crippen LogP contribution in [0, 0.1) is 5.41 Å². The van der Waals surface area contributed by atoms with E-state index in [4.69, 9.17) is 5.41 Å². The Morgan fingerprint density at radius 2 is 1.58 bits per heavy atom. The largest absolute Gasteiger partial charge is 0.361 e. The Kier molecular flexibility index (Phi) is 4.54. The van der Waals surface area contributed by atoms with Crippen molar-refractivity contribution in [1.29, 1.82) is 5.41 Å². The summed E-state index contributed by atoms with van der Waals surface area (Å²) in [6, 6.07) is 15.8. The van der Waals surface area contributed by atoms with Crippen LogP contribution in [0.15, 0.2) is 54.6 Å². The molecule has 0 unspecified atom stereocenters. The van der Waals surface area contributed by atoms with Crippen molar-refractivity contribution in [3.63, 3.8) is 0 Å². The van der Waals surface area contributed by atoms with Gasteiger partial charge in [0.05, 0.1) is 6.34 Å². The second kappa shape index (κ2) is 7.14. The van der Waals surface area contributed by atoms with Gasteiger partial charge < -0.3 is 10.2 Å². The molecule has 26 heavy (non-hydrogen) atoms. The summed E-state index contributed by atoms with van der Waals surface area (Å²) in [5.74, 6) is -0.0592. The molecule has 2 aliphatic rings. The monoisotopic (exact) mass is 346 g/mol. The standard InChI is InChI=1S/C21H22N4O/c22-15-25-13-11-24(12-14-25)10-9-17-16-5-1-2-7-19(16)21(26)23-20-8-4-3-6-18(17)20/h1-9,15,22H,10-14H2,(H,23,26). The van der Waals surface area contributed by atoms with Crippen molar-refractivity contribution in [1.82, 2.24) is 9.80 Å². The predicted octanol–water partition coefficient (Wildman–Crippen LogP) is 2.91. The molecule has 2 heterocycles. The fourth-order valence-corrected chi connectivity index (χ4v) is 3.59. The first-order valence-electron chi connectivity index (χ1n) is 8.93. The van der Waals surface area contributed by atoms with E-state index in [0.717, 1.165) is 55.1 Å². The fraction of sp³-hybridized carbons (Fsp3) is 0.238. The van der Waals surface area contributed by atoms with Crippen LogP contribution in [0.5, 0.6) is 0 Å². The minimum atomic E-state index is -0.0592. The molecule has 2 aliphatic heterocycles. The summed E-state index contributed by atoms with van der Waals surface area (Å²) >= 11 is 0. The molecule has 0 radical (unpaired) electrons. The smallest absolute Gasteiger partial charge is 0.256 e. The number of fused-ring (bicyclic) bond motifs is 2. The van der Waals surface area contributed by atoms with Gasteiger partial charge in [0.15, 0.2) is 0 Å². The van der Waals surface area contributed by atoms with Crippen LogP contribution in [0.25, 0.3) is 5.57 Å². The van der Waals surface area contributed by atoms with Crippen molar-refractivity contribution >= 4 is 23.5 Å². The van der Waals surface area contributed by atoms with E-state index in [1.165, 1.54) is 6.34 Å². The molecule has 5 heteroatoms. The van der Waals surface area contributed by atoms with Crippen molar-refractivity contribution in [2.45, 2.75) is 0 Å². The highest BCUT2D eigenvalue weighted by Gasteiger charge is 2.22. The lowest BCUT2D eigenvalue weighted by molar-refractivity contribution is 0.102. The highest BCUT2D eigenvalue weighted by atomic mass is 16.1. The van der Waals surface area contributed by atoms with Crippen molar-refractivity contribution in [2.75, 3.05) is 38.0 Å². The van der Waals surface area contributed by atoms with Gasteiger partial charge in [-0.25, -0.2) is 0 Å². The van der Waals surface area contributed by atoms with Gasteiger partial charge >= 0.3 is 0 Å². The summed E-state index contributed by atoms with van der Waals surface area (Å²) in [6.45, 7) is 4.50. The lowest BCUT2D eigenvalue weighted by atomic mass is 9.94. The quantitative estimate of drug-likeness (QED) is 0.664. The number of amides is 1. The number of carbonyl (C=O) groups is 1. The fourth-order valence-electron chi connectivity index (χ4n) is 3.59. The first kappa shape index (κ1) is 16.5. The number of nitrogens with one attached hydrogen (secondary N) is 2. The van der Waals surface area contributed by atoms with E-state index in [2.05, 4.69) is 22.4 Å². The molecule has 4 rings (SSSR count). The molecule has 1 amide bonds. The second-order valence-electron chi connectivity index (χ2n) is 6.63. The zero-order valence-corrected chi connectivity index (χ0v) is 14.6. The summed E-state index contributed by atoms with van der Waals surface area (Å²) < 4.78 is 0. The number of para-hydroxylation sites is 1. The molecule has 0 aromatic heterocycles. The molecule has 0 saturated carbocycles. The minimum absolute atomic E-state index is 0.0592. The number of hydrogen-bond donors (Lipinski definition) is 2. The molecule has 0 bridgehead atoms. The predicted molar refractivity (Wildman–Crippen MR) is 105 cm³/mol. The van der Waals surface area contributed by atoms with Gasteiger partial charge in [-0.3, -0.25) is 15.1 Å². The number of nitrogens with zero attached hydrogens (tertiary/aromatic N) is 2. The number of piperazine rings is 1. The van der Waals surface area contributed by atoms with Crippen LogP contribution in [0.1, 0.15) is 21.5 Å². The molecular formula is C21H22N4O. The number of benzene rings is 2. The normalized spacial score (nSPS) is 18.7. The summed E-state index contributed by atoms with van der Waals surface area (Å²) in [7, 11) is 0. The van der Waals surface area contributed by atoms with Crippen molar-refractivity contribution < 1.29 is 4.79 Å². The molecule has 5 nitrogen and oxygen atoms in total. The van der Waals surface area contributed by atoms with Crippen LogP contribution in [-0.2, 0) is 0 Å². The van der Waals surface area contributed by atoms with Crippen LogP contribution in [0.3, 0.4) is 0 Å². The third-order valence-corrected chi connectivity index (χ3v) is 5.07. The third-order valence-electron chi connectivity index (χ3n) is 5.07. The molecule has 0 aliphatic carbocycles. The van der Waals surface area contributed by atoms with Gasteiger partial charge in [0, 0.05) is 49.5 Å². The lowest BCUT2D eigenvalue weighted by Gasteiger charge is -2.32. The van der Waals surface area contributed by atoms with E-state index in [-0.39, 0.29) is 5.91 Å². The summed E-state index contributed by atoms with van der Waals surface area (Å²) in [6.07, 6.45) is 3.66. The Labute approximate surface area is 153 Å². The molecule has 2 N–H and O–H groups in total. The van der Waals surface area contributed by atoms with Crippen LogP contribution < -0.4 is 5.32 Å². The first-order valence-corrected chi connectivity index (χ1v) is 8.93. The lowest BCUT2D eigenvalue weighted by Crippen LogP contribution is -2.45. The Morgan fingerprint density at radius 3 is 2.31 bits per heavy atom. The van der Waals surface area contributed by atoms with Gasteiger partial charge in [0.25, 0.3) is 5.91 Å². The molecular weight excluding hydrogens is 324 g/mol. The molecule has 132 valence electrons. The molecule has 0 spiro atoms. The van der Waals surface area contributed by atoms with Crippen LogP contribution in [0.2, 0.25) is 0 Å². The highest BCUT2D eigenvalue weighted by Crippen LogP contribution is 2.34. The molecule has 0 atom stereocenters. The topological polar surface area (TPSA) is 59.4 Å². The maximum absolute atomic E-state index is 12.6. The van der Waals surface area contributed by atoms with E-state index >= 15 is 0 Å². The molecule has 1 saturated heterocycles. The number of rotatable bonds is 3. The average molecular weight is 346 g/mol. The number of anilines is 1. The SMILES string of the molecule is N=CN1CCN(CC=C2c3ccccc3NC(=O)c3ccccc32)CC1. The molecule has 2 aromatic rings. The zero-order valence-electron chi connectivity index (χ0n) is 14.6. The Hall–Kier alpha value is -2.92. The van der Waals surface area contributed by atoms with E-state index in [0.29, 0.717) is 5.56 Å². The first-order chi connectivity index (χ1) is 12.8. The van der Waals surface area contributed by atoms with Gasteiger partial charge in [0.2, 0.25) is 0 Å². The Bertz CT molecular complexity index is 866. The summed E-state index contributed by atoms with van der Waals surface area (Å²) in [4.78, 5) is 17.0. The maximum atomic E-state index is 12.6. The third kappa shape index (κ3) is 3.13. The number of carbonyl (C=O) groups excluding carboxylic acids is 1. The average Bonchev–Trinajstić information content (AvgIpc) is 2.81. The van der Waals surface area contributed by atoms with Gasteiger partial charge in [0.1, 0.15) is 0 Å². The number of hydrogen-bond acceptors (Lipinski definition) is 3. The van der Waals surface area contributed by atoms with Gasteiger partial charge in [-0.05, 0) is 23.3 Å². The van der Waals surface area contributed by atoms with E-state index in [9.17, 15) is 4.79 Å². The van der Waals surface area contributed by atoms with E-state index in [1.807, 2.05) is 47.4 Å². The Balaban J connectivity index is 1.69. The molecule has 2 aromatic carbocycles. The van der Waals surface area contributed by atoms with Gasteiger partial charge in [-0.2, -0.15) is 0 Å². The Morgan fingerprint density at radius 1 is 0.923 bits per heavy atom. The van der Waals surface area contributed by atoms with Gasteiger partial charge in [-0.15, -0.1) is 0 Å².